The van der Waals surface area contributed by atoms with Crippen molar-refractivity contribution in [2.24, 2.45) is 0 Å². The first kappa shape index (κ1) is 34.3. The van der Waals surface area contributed by atoms with Crippen LogP contribution in [0.4, 0.5) is 0 Å². The molecule has 0 aliphatic carbocycles. The van der Waals surface area contributed by atoms with Crippen LogP contribution in [0.1, 0.15) is 95.1 Å². The Morgan fingerprint density at radius 3 is 2.00 bits per heavy atom. The lowest BCUT2D eigenvalue weighted by Gasteiger charge is -2.24. The van der Waals surface area contributed by atoms with E-state index in [0.717, 1.165) is 41.9 Å². The second-order valence-electron chi connectivity index (χ2n) is 11.2. The SMILES string of the molecule is CCCCCCCCCCCCCC(=O)N(CCc1ccc(OC)c(OC)c1)Cc1cccc(Oc2ccc(Cl)cc2)c1. The summed E-state index contributed by atoms with van der Waals surface area (Å²) in [5.74, 6) is 3.05. The van der Waals surface area contributed by atoms with Crippen molar-refractivity contribution in [1.29, 1.82) is 0 Å². The van der Waals surface area contributed by atoms with E-state index >= 15 is 0 Å². The quantitative estimate of drug-likeness (QED) is 0.113. The van der Waals surface area contributed by atoms with Gasteiger partial charge in [0.15, 0.2) is 11.5 Å². The van der Waals surface area contributed by atoms with E-state index in [9.17, 15) is 4.79 Å². The molecule has 3 aromatic carbocycles. The molecular weight excluding hydrogens is 558 g/mol. The van der Waals surface area contributed by atoms with Crippen molar-refractivity contribution in [1.82, 2.24) is 4.90 Å². The summed E-state index contributed by atoms with van der Waals surface area (Å²) in [7, 11) is 3.28. The van der Waals surface area contributed by atoms with Crippen molar-refractivity contribution >= 4 is 17.5 Å². The van der Waals surface area contributed by atoms with Gasteiger partial charge in [-0.25, -0.2) is 0 Å². The van der Waals surface area contributed by atoms with Gasteiger partial charge in [0.05, 0.1) is 14.2 Å². The predicted octanol–water partition coefficient (Wildman–Crippen LogP) is 10.4. The van der Waals surface area contributed by atoms with Crippen LogP contribution < -0.4 is 14.2 Å². The molecule has 5 nitrogen and oxygen atoms in total. The van der Waals surface area contributed by atoms with Gasteiger partial charge in [-0.15, -0.1) is 0 Å². The lowest BCUT2D eigenvalue weighted by Crippen LogP contribution is -2.32. The number of hydrogen-bond acceptors (Lipinski definition) is 4. The van der Waals surface area contributed by atoms with Gasteiger partial charge >= 0.3 is 0 Å². The fourth-order valence-electron chi connectivity index (χ4n) is 5.26. The summed E-state index contributed by atoms with van der Waals surface area (Å²) in [5, 5.41) is 0.669. The van der Waals surface area contributed by atoms with Gasteiger partial charge in [-0.05, 0) is 72.5 Å². The molecular formula is C37H50ClNO4. The Hall–Kier alpha value is -3.18. The molecule has 0 unspecified atom stereocenters. The highest BCUT2D eigenvalue weighted by molar-refractivity contribution is 6.30. The summed E-state index contributed by atoms with van der Waals surface area (Å²) in [5.41, 5.74) is 2.14. The predicted molar refractivity (Wildman–Crippen MR) is 178 cm³/mol. The first-order valence-electron chi connectivity index (χ1n) is 16.0. The van der Waals surface area contributed by atoms with Crippen LogP contribution in [0.2, 0.25) is 5.02 Å². The number of nitrogens with zero attached hydrogens (tertiary/aromatic N) is 1. The number of carbonyl (C=O) groups excluding carboxylic acids is 1. The molecule has 0 N–H and O–H groups in total. The average molecular weight is 608 g/mol. The molecule has 0 spiro atoms. The van der Waals surface area contributed by atoms with Crippen LogP contribution in [0.15, 0.2) is 66.7 Å². The monoisotopic (exact) mass is 607 g/mol. The zero-order chi connectivity index (χ0) is 30.7. The lowest BCUT2D eigenvalue weighted by molar-refractivity contribution is -0.131. The molecule has 0 fully saturated rings. The van der Waals surface area contributed by atoms with E-state index in [2.05, 4.69) is 6.92 Å². The molecule has 0 radical (unpaired) electrons. The van der Waals surface area contributed by atoms with Gasteiger partial charge in [-0.2, -0.15) is 0 Å². The maximum absolute atomic E-state index is 13.5. The number of carbonyl (C=O) groups is 1. The topological polar surface area (TPSA) is 48.0 Å². The van der Waals surface area contributed by atoms with Crippen LogP contribution in [-0.4, -0.2) is 31.6 Å². The Morgan fingerprint density at radius 2 is 1.35 bits per heavy atom. The Kier molecular flexibility index (Phi) is 15.9. The van der Waals surface area contributed by atoms with Crippen LogP contribution in [0.5, 0.6) is 23.0 Å². The molecule has 234 valence electrons. The van der Waals surface area contributed by atoms with Crippen molar-refractivity contribution in [3.8, 4) is 23.0 Å². The number of ether oxygens (including phenoxy) is 3. The molecule has 0 bridgehead atoms. The minimum Gasteiger partial charge on any atom is -0.493 e. The van der Waals surface area contributed by atoms with E-state index in [1.807, 2.05) is 71.6 Å². The van der Waals surface area contributed by atoms with E-state index in [1.165, 1.54) is 57.8 Å². The van der Waals surface area contributed by atoms with Crippen molar-refractivity contribution in [2.45, 2.75) is 96.9 Å². The van der Waals surface area contributed by atoms with Gasteiger partial charge in [0.1, 0.15) is 11.5 Å². The number of rotatable bonds is 21. The maximum atomic E-state index is 13.5. The normalized spacial score (nSPS) is 10.9. The molecule has 6 heteroatoms. The number of unbranched alkanes of at least 4 members (excludes halogenated alkanes) is 10. The molecule has 3 aromatic rings. The summed E-state index contributed by atoms with van der Waals surface area (Å²) in [6.45, 7) is 3.41. The van der Waals surface area contributed by atoms with Gasteiger partial charge in [-0.3, -0.25) is 4.79 Å². The summed E-state index contributed by atoms with van der Waals surface area (Å²) in [4.78, 5) is 15.5. The summed E-state index contributed by atoms with van der Waals surface area (Å²) < 4.78 is 16.9. The highest BCUT2D eigenvalue weighted by Gasteiger charge is 2.15. The Bertz CT molecular complexity index is 1210. The number of halogens is 1. The van der Waals surface area contributed by atoms with Crippen molar-refractivity contribution < 1.29 is 19.0 Å². The van der Waals surface area contributed by atoms with Gasteiger partial charge in [0, 0.05) is 24.5 Å². The van der Waals surface area contributed by atoms with Crippen molar-refractivity contribution in [3.05, 3.63) is 82.9 Å². The number of hydrogen-bond donors (Lipinski definition) is 0. The first-order chi connectivity index (χ1) is 21.0. The fraction of sp³-hybridized carbons (Fsp3) is 0.486. The smallest absolute Gasteiger partial charge is 0.222 e. The van der Waals surface area contributed by atoms with Gasteiger partial charge in [0.2, 0.25) is 5.91 Å². The third-order valence-corrected chi connectivity index (χ3v) is 8.04. The van der Waals surface area contributed by atoms with Crippen LogP contribution >= 0.6 is 11.6 Å². The van der Waals surface area contributed by atoms with Crippen molar-refractivity contribution in [2.75, 3.05) is 20.8 Å². The van der Waals surface area contributed by atoms with E-state index < -0.39 is 0 Å². The fourth-order valence-corrected chi connectivity index (χ4v) is 5.38. The lowest BCUT2D eigenvalue weighted by atomic mass is 10.0. The standard InChI is InChI=1S/C37H50ClNO4/c1-4-5-6-7-8-9-10-11-12-13-14-18-37(40)39(26-25-30-19-24-35(41-2)36(28-30)42-3)29-31-16-15-17-34(27-31)43-33-22-20-32(38)21-23-33/h15-17,19-24,27-28H,4-14,18,25-26,29H2,1-3H3. The largest absolute Gasteiger partial charge is 0.493 e. The maximum Gasteiger partial charge on any atom is 0.222 e. The highest BCUT2D eigenvalue weighted by atomic mass is 35.5. The van der Waals surface area contributed by atoms with Crippen LogP contribution in [0.25, 0.3) is 0 Å². The third kappa shape index (κ3) is 12.9. The van der Waals surface area contributed by atoms with Gasteiger partial charge < -0.3 is 19.1 Å². The Morgan fingerprint density at radius 1 is 0.698 bits per heavy atom. The molecule has 3 rings (SSSR count). The van der Waals surface area contributed by atoms with Crippen LogP contribution in [0, 0.1) is 0 Å². The average Bonchev–Trinajstić information content (AvgIpc) is 3.02. The molecule has 0 aromatic heterocycles. The van der Waals surface area contributed by atoms with Gasteiger partial charge in [0.25, 0.3) is 0 Å². The van der Waals surface area contributed by atoms with Crippen molar-refractivity contribution in [3.63, 3.8) is 0 Å². The third-order valence-electron chi connectivity index (χ3n) is 7.79. The number of benzene rings is 3. The molecule has 0 heterocycles. The molecule has 0 saturated heterocycles. The molecule has 0 aliphatic rings. The zero-order valence-electron chi connectivity index (χ0n) is 26.4. The molecule has 0 atom stereocenters. The molecule has 43 heavy (non-hydrogen) atoms. The van der Waals surface area contributed by atoms with E-state index in [0.29, 0.717) is 36.0 Å². The highest BCUT2D eigenvalue weighted by Crippen LogP contribution is 2.28. The molecule has 1 amide bonds. The minimum absolute atomic E-state index is 0.195. The zero-order valence-corrected chi connectivity index (χ0v) is 27.2. The Balaban J connectivity index is 1.56. The number of amides is 1. The number of methoxy groups -OCH3 is 2. The summed E-state index contributed by atoms with van der Waals surface area (Å²) in [6.07, 6.45) is 15.2. The van der Waals surface area contributed by atoms with Crippen LogP contribution in [0.3, 0.4) is 0 Å². The van der Waals surface area contributed by atoms with Crippen LogP contribution in [-0.2, 0) is 17.8 Å². The van der Waals surface area contributed by atoms with Gasteiger partial charge in [-0.1, -0.05) is 101 Å². The summed E-state index contributed by atoms with van der Waals surface area (Å²) in [6, 6.07) is 21.2. The summed E-state index contributed by atoms with van der Waals surface area (Å²) >= 11 is 6.02. The second kappa shape index (κ2) is 19.9. The Labute approximate surface area is 264 Å². The first-order valence-corrected chi connectivity index (χ1v) is 16.4. The minimum atomic E-state index is 0.195. The van der Waals surface area contributed by atoms with E-state index in [-0.39, 0.29) is 5.91 Å². The van der Waals surface area contributed by atoms with E-state index in [4.69, 9.17) is 25.8 Å². The molecule has 0 saturated carbocycles. The second-order valence-corrected chi connectivity index (χ2v) is 11.7. The van der Waals surface area contributed by atoms with E-state index in [1.54, 1.807) is 14.2 Å². The molecule has 0 aliphatic heterocycles.